The fraction of sp³-hybridized carbons (Fsp3) is 0.600. The highest BCUT2D eigenvalue weighted by Gasteiger charge is 2.25. The lowest BCUT2D eigenvalue weighted by atomic mass is 9.93. The maximum Gasteiger partial charge on any atom is 0.228 e. The van der Waals surface area contributed by atoms with Gasteiger partial charge in [0.05, 0.1) is 5.41 Å². The van der Waals surface area contributed by atoms with Crippen LogP contribution in [0.3, 0.4) is 0 Å². The predicted octanol–water partition coefficient (Wildman–Crippen LogP) is 0.880. The summed E-state index contributed by atoms with van der Waals surface area (Å²) in [5.41, 5.74) is 4.57. The average Bonchev–Trinajstić information content (AvgIpc) is 2.26. The van der Waals surface area contributed by atoms with Crippen molar-refractivity contribution in [2.45, 2.75) is 20.8 Å². The van der Waals surface area contributed by atoms with E-state index in [1.54, 1.807) is 13.8 Å². The van der Waals surface area contributed by atoms with Crippen LogP contribution in [0.15, 0.2) is 0 Å². The molecule has 0 aliphatic carbocycles. The van der Waals surface area contributed by atoms with Gasteiger partial charge >= 0.3 is 0 Å². The number of halogens is 1. The maximum atomic E-state index is 11.2. The van der Waals surface area contributed by atoms with Crippen molar-refractivity contribution in [3.8, 4) is 0 Å². The van der Waals surface area contributed by atoms with Gasteiger partial charge in [-0.3, -0.25) is 4.79 Å². The SMILES string of the molecule is CCNc1nc(Cl)nc(NCC(C)(C)C(N)=O)n1. The molecule has 8 heteroatoms. The van der Waals surface area contributed by atoms with Gasteiger partial charge in [0.25, 0.3) is 0 Å². The number of anilines is 2. The summed E-state index contributed by atoms with van der Waals surface area (Å²) < 4.78 is 0. The van der Waals surface area contributed by atoms with Crippen molar-refractivity contribution in [2.24, 2.45) is 11.1 Å². The molecule has 0 unspecified atom stereocenters. The number of amides is 1. The molecule has 0 aliphatic heterocycles. The van der Waals surface area contributed by atoms with Crippen LogP contribution in [0.25, 0.3) is 0 Å². The molecule has 0 fully saturated rings. The van der Waals surface area contributed by atoms with Crippen LogP contribution in [0.2, 0.25) is 5.28 Å². The van der Waals surface area contributed by atoms with Gasteiger partial charge in [-0.05, 0) is 32.4 Å². The highest BCUT2D eigenvalue weighted by atomic mass is 35.5. The van der Waals surface area contributed by atoms with E-state index < -0.39 is 11.3 Å². The van der Waals surface area contributed by atoms with Crippen molar-refractivity contribution in [1.82, 2.24) is 15.0 Å². The number of aromatic nitrogens is 3. The molecule has 0 aliphatic rings. The number of hydrogen-bond acceptors (Lipinski definition) is 6. The van der Waals surface area contributed by atoms with E-state index in [2.05, 4.69) is 25.6 Å². The van der Waals surface area contributed by atoms with Crippen LogP contribution >= 0.6 is 11.6 Å². The van der Waals surface area contributed by atoms with E-state index in [1.165, 1.54) is 0 Å². The van der Waals surface area contributed by atoms with Crippen LogP contribution in [-0.2, 0) is 4.79 Å². The zero-order valence-corrected chi connectivity index (χ0v) is 11.4. The van der Waals surface area contributed by atoms with Crippen LogP contribution in [0, 0.1) is 5.41 Å². The van der Waals surface area contributed by atoms with Crippen molar-refractivity contribution < 1.29 is 4.79 Å². The first-order valence-electron chi connectivity index (χ1n) is 5.54. The van der Waals surface area contributed by atoms with Gasteiger partial charge in [0, 0.05) is 13.1 Å². The lowest BCUT2D eigenvalue weighted by Gasteiger charge is -2.20. The first kappa shape index (κ1) is 14.4. The first-order valence-corrected chi connectivity index (χ1v) is 5.92. The molecule has 0 atom stereocenters. The van der Waals surface area contributed by atoms with Gasteiger partial charge < -0.3 is 16.4 Å². The first-order chi connectivity index (χ1) is 8.35. The van der Waals surface area contributed by atoms with E-state index in [-0.39, 0.29) is 5.28 Å². The van der Waals surface area contributed by atoms with Crippen molar-refractivity contribution in [1.29, 1.82) is 0 Å². The number of nitrogens with two attached hydrogens (primary N) is 1. The van der Waals surface area contributed by atoms with Gasteiger partial charge in [0.2, 0.25) is 23.1 Å². The summed E-state index contributed by atoms with van der Waals surface area (Å²) in [4.78, 5) is 23.1. The summed E-state index contributed by atoms with van der Waals surface area (Å²) in [7, 11) is 0. The van der Waals surface area contributed by atoms with Crippen LogP contribution in [0.4, 0.5) is 11.9 Å². The fourth-order valence-corrected chi connectivity index (χ4v) is 1.21. The minimum Gasteiger partial charge on any atom is -0.369 e. The Balaban J connectivity index is 2.76. The van der Waals surface area contributed by atoms with Gasteiger partial charge in [0.1, 0.15) is 0 Å². The Hall–Kier alpha value is -1.63. The lowest BCUT2D eigenvalue weighted by Crippen LogP contribution is -2.37. The molecule has 0 bridgehead atoms. The predicted molar refractivity (Wildman–Crippen MR) is 70.5 cm³/mol. The third kappa shape index (κ3) is 3.99. The quantitative estimate of drug-likeness (QED) is 0.710. The molecule has 0 spiro atoms. The number of primary amides is 1. The largest absolute Gasteiger partial charge is 0.369 e. The lowest BCUT2D eigenvalue weighted by molar-refractivity contribution is -0.125. The van der Waals surface area contributed by atoms with Crippen molar-refractivity contribution in [2.75, 3.05) is 23.7 Å². The number of carbonyl (C=O) groups excluding carboxylic acids is 1. The average molecular weight is 273 g/mol. The standard InChI is InChI=1S/C10H17ClN6O/c1-4-13-8-15-7(11)16-9(17-8)14-5-10(2,3)6(12)18/h4-5H2,1-3H3,(H2,12,18)(H2,13,14,15,16,17). The number of carbonyl (C=O) groups is 1. The maximum absolute atomic E-state index is 11.2. The Bertz CT molecular complexity index is 436. The van der Waals surface area contributed by atoms with Crippen molar-refractivity contribution >= 4 is 29.4 Å². The molecule has 0 radical (unpaired) electrons. The highest BCUT2D eigenvalue weighted by Crippen LogP contribution is 2.15. The third-order valence-corrected chi connectivity index (χ3v) is 2.47. The molecule has 0 aromatic carbocycles. The fourth-order valence-electron chi connectivity index (χ4n) is 1.05. The second kappa shape index (κ2) is 5.81. The molecule has 18 heavy (non-hydrogen) atoms. The molecule has 1 heterocycles. The number of nitrogens with zero attached hydrogens (tertiary/aromatic N) is 3. The van der Waals surface area contributed by atoms with Crippen LogP contribution in [0.5, 0.6) is 0 Å². The Kier molecular flexibility index (Phi) is 4.66. The molecule has 0 saturated carbocycles. The molecule has 1 rings (SSSR count). The molecule has 7 nitrogen and oxygen atoms in total. The summed E-state index contributed by atoms with van der Waals surface area (Å²) in [6.45, 7) is 6.37. The van der Waals surface area contributed by atoms with Gasteiger partial charge in [0.15, 0.2) is 0 Å². The van der Waals surface area contributed by atoms with Gasteiger partial charge in [-0.15, -0.1) is 0 Å². The topological polar surface area (TPSA) is 106 Å². The van der Waals surface area contributed by atoms with Gasteiger partial charge in [-0.1, -0.05) is 0 Å². The molecule has 100 valence electrons. The monoisotopic (exact) mass is 272 g/mol. The zero-order chi connectivity index (χ0) is 13.8. The van der Waals surface area contributed by atoms with E-state index in [4.69, 9.17) is 17.3 Å². The third-order valence-electron chi connectivity index (χ3n) is 2.30. The van der Waals surface area contributed by atoms with E-state index in [0.29, 0.717) is 25.0 Å². The van der Waals surface area contributed by atoms with Crippen LogP contribution in [0.1, 0.15) is 20.8 Å². The van der Waals surface area contributed by atoms with Crippen LogP contribution < -0.4 is 16.4 Å². The van der Waals surface area contributed by atoms with E-state index in [9.17, 15) is 4.79 Å². The minimum atomic E-state index is -0.697. The summed E-state index contributed by atoms with van der Waals surface area (Å²) in [6.07, 6.45) is 0. The zero-order valence-electron chi connectivity index (χ0n) is 10.6. The smallest absolute Gasteiger partial charge is 0.228 e. The van der Waals surface area contributed by atoms with Crippen molar-refractivity contribution in [3.05, 3.63) is 5.28 Å². The van der Waals surface area contributed by atoms with Crippen LogP contribution in [-0.4, -0.2) is 33.9 Å². The molecule has 1 aromatic rings. The van der Waals surface area contributed by atoms with E-state index in [0.717, 1.165) is 0 Å². The Morgan fingerprint density at radius 3 is 2.33 bits per heavy atom. The molecule has 0 saturated heterocycles. The Morgan fingerprint density at radius 2 is 1.83 bits per heavy atom. The Labute approximate surface area is 111 Å². The Morgan fingerprint density at radius 1 is 1.28 bits per heavy atom. The molecule has 1 aromatic heterocycles. The summed E-state index contributed by atoms with van der Waals surface area (Å²) in [5.74, 6) is 0.291. The van der Waals surface area contributed by atoms with Gasteiger partial charge in [-0.2, -0.15) is 15.0 Å². The van der Waals surface area contributed by atoms with E-state index >= 15 is 0 Å². The molecule has 4 N–H and O–H groups in total. The second-order valence-corrected chi connectivity index (χ2v) is 4.72. The minimum absolute atomic E-state index is 0.0836. The summed E-state index contributed by atoms with van der Waals surface area (Å²) >= 11 is 5.76. The number of hydrogen-bond donors (Lipinski definition) is 3. The molecular formula is C10H17ClN6O. The molecule has 1 amide bonds. The summed E-state index contributed by atoms with van der Waals surface area (Å²) in [6, 6.07) is 0. The number of rotatable bonds is 6. The summed E-state index contributed by atoms with van der Waals surface area (Å²) in [5, 5.41) is 5.93. The normalized spacial score (nSPS) is 11.1. The molecular weight excluding hydrogens is 256 g/mol. The van der Waals surface area contributed by atoms with Crippen molar-refractivity contribution in [3.63, 3.8) is 0 Å². The van der Waals surface area contributed by atoms with Gasteiger partial charge in [-0.25, -0.2) is 0 Å². The highest BCUT2D eigenvalue weighted by molar-refractivity contribution is 6.28. The van der Waals surface area contributed by atoms with E-state index in [1.807, 2.05) is 6.92 Å². The second-order valence-electron chi connectivity index (χ2n) is 4.38. The number of nitrogens with one attached hydrogen (secondary N) is 2.